The molecule has 108 valence electrons. The van der Waals surface area contributed by atoms with Crippen LogP contribution in [0.3, 0.4) is 0 Å². The van der Waals surface area contributed by atoms with Crippen molar-refractivity contribution in [1.29, 1.82) is 0 Å². The van der Waals surface area contributed by atoms with Gasteiger partial charge in [0.25, 0.3) is 0 Å². The van der Waals surface area contributed by atoms with Gasteiger partial charge in [-0.05, 0) is 30.2 Å². The Morgan fingerprint density at radius 2 is 1.90 bits per heavy atom. The highest BCUT2D eigenvalue weighted by Gasteiger charge is 2.15. The molecular weight excluding hydrogens is 278 g/mol. The molecule has 1 saturated heterocycles. The zero-order valence-corrected chi connectivity index (χ0v) is 12.0. The Labute approximate surface area is 118 Å². The second kappa shape index (κ2) is 5.74. The van der Waals surface area contributed by atoms with Gasteiger partial charge in [0.2, 0.25) is 15.9 Å². The second-order valence-electron chi connectivity index (χ2n) is 4.70. The van der Waals surface area contributed by atoms with Gasteiger partial charge in [-0.3, -0.25) is 4.79 Å². The van der Waals surface area contributed by atoms with E-state index in [2.05, 4.69) is 10.6 Å². The quantitative estimate of drug-likeness (QED) is 0.673. The Morgan fingerprint density at radius 3 is 2.35 bits per heavy atom. The monoisotopic (exact) mass is 295 g/mol. The third-order valence-corrected chi connectivity index (χ3v) is 4.18. The van der Waals surface area contributed by atoms with Crippen LogP contribution >= 0.6 is 0 Å². The van der Waals surface area contributed by atoms with Crippen LogP contribution < -0.4 is 15.8 Å². The van der Waals surface area contributed by atoms with Gasteiger partial charge < -0.3 is 10.6 Å². The third kappa shape index (κ3) is 3.44. The summed E-state index contributed by atoms with van der Waals surface area (Å²) in [5, 5.41) is 10.9. The van der Waals surface area contributed by atoms with Gasteiger partial charge in [0.15, 0.2) is 0 Å². The zero-order valence-electron chi connectivity index (χ0n) is 11.1. The van der Waals surface area contributed by atoms with E-state index in [1.807, 2.05) is 0 Å². The molecule has 6 nitrogen and oxygen atoms in total. The minimum Gasteiger partial charge on any atom is -0.348 e. The minimum atomic E-state index is -3.67. The number of primary sulfonamides is 1. The first kappa shape index (κ1) is 14.7. The lowest BCUT2D eigenvalue weighted by atomic mass is 10.0. The molecule has 7 heteroatoms. The zero-order chi connectivity index (χ0) is 14.8. The Balaban J connectivity index is 1.96. The van der Waals surface area contributed by atoms with E-state index in [1.54, 1.807) is 19.1 Å². The summed E-state index contributed by atoms with van der Waals surface area (Å²) >= 11 is 0. The maximum Gasteiger partial charge on any atom is 0.247 e. The van der Waals surface area contributed by atoms with Gasteiger partial charge in [-0.25, -0.2) is 13.6 Å². The molecule has 0 aliphatic carbocycles. The fraction of sp³-hybridized carbons (Fsp3) is 0.308. The van der Waals surface area contributed by atoms with Crippen molar-refractivity contribution < 1.29 is 13.2 Å². The topological polar surface area (TPSA) is 101 Å². The molecule has 0 atom stereocenters. The summed E-state index contributed by atoms with van der Waals surface area (Å²) < 4.78 is 22.2. The number of carbonyl (C=O) groups excluding carboxylic acids is 1. The first-order chi connectivity index (χ1) is 9.38. The average molecular weight is 295 g/mol. The molecule has 20 heavy (non-hydrogen) atoms. The Hall–Kier alpha value is -1.70. The van der Waals surface area contributed by atoms with E-state index in [0.717, 1.165) is 29.8 Å². The maximum absolute atomic E-state index is 11.9. The summed E-state index contributed by atoms with van der Waals surface area (Å²) in [5.41, 5.74) is 2.67. The van der Waals surface area contributed by atoms with Crippen LogP contribution in [0.25, 0.3) is 0 Å². The number of hydrogen-bond acceptors (Lipinski definition) is 4. The second-order valence-corrected chi connectivity index (χ2v) is 6.27. The standard InChI is InChI=1S/C13H17N3O3S/c1-9(11-7-15-8-11)13(17)16-6-10-2-4-12(5-3-10)20(14,18)19/h2-5,15H,6-8H2,1H3,(H,16,17)(H2,14,18,19). The van der Waals surface area contributed by atoms with Gasteiger partial charge in [0.05, 0.1) is 4.90 Å². The van der Waals surface area contributed by atoms with E-state index in [9.17, 15) is 13.2 Å². The van der Waals surface area contributed by atoms with E-state index >= 15 is 0 Å². The Kier molecular flexibility index (Phi) is 4.22. The minimum absolute atomic E-state index is 0.0615. The van der Waals surface area contributed by atoms with E-state index in [0.29, 0.717) is 6.54 Å². The number of nitrogens with one attached hydrogen (secondary N) is 2. The molecule has 1 aromatic carbocycles. The molecule has 1 aliphatic rings. The van der Waals surface area contributed by atoms with Crippen molar-refractivity contribution in [2.24, 2.45) is 5.14 Å². The highest BCUT2D eigenvalue weighted by atomic mass is 32.2. The van der Waals surface area contributed by atoms with Crippen LogP contribution in [0.5, 0.6) is 0 Å². The molecule has 0 radical (unpaired) electrons. The third-order valence-electron chi connectivity index (χ3n) is 3.25. The number of rotatable bonds is 4. The van der Waals surface area contributed by atoms with Crippen molar-refractivity contribution in [1.82, 2.24) is 10.6 Å². The van der Waals surface area contributed by atoms with E-state index in [-0.39, 0.29) is 10.8 Å². The average Bonchev–Trinajstić information content (AvgIpc) is 2.33. The van der Waals surface area contributed by atoms with Gasteiger partial charge in [-0.1, -0.05) is 12.1 Å². The molecule has 1 aromatic rings. The maximum atomic E-state index is 11.9. The van der Waals surface area contributed by atoms with Crippen LogP contribution in [0, 0.1) is 0 Å². The molecule has 1 fully saturated rings. The van der Waals surface area contributed by atoms with Crippen molar-refractivity contribution in [3.63, 3.8) is 0 Å². The lowest BCUT2D eigenvalue weighted by molar-refractivity contribution is -0.117. The predicted octanol–water partition coefficient (Wildman–Crippen LogP) is -0.130. The number of hydrogen-bond donors (Lipinski definition) is 3. The van der Waals surface area contributed by atoms with Crippen LogP contribution in [0.15, 0.2) is 40.3 Å². The Morgan fingerprint density at radius 1 is 1.30 bits per heavy atom. The Bertz CT molecular complexity index is 642. The summed E-state index contributed by atoms with van der Waals surface area (Å²) in [6.45, 7) is 3.68. The summed E-state index contributed by atoms with van der Waals surface area (Å²) in [7, 11) is -3.67. The van der Waals surface area contributed by atoms with Crippen molar-refractivity contribution >= 4 is 15.9 Å². The molecule has 0 unspecified atom stereocenters. The fourth-order valence-electron chi connectivity index (χ4n) is 1.79. The lowest BCUT2D eigenvalue weighted by Crippen LogP contribution is -2.37. The molecule has 1 aliphatic heterocycles. The van der Waals surface area contributed by atoms with Crippen molar-refractivity contribution in [3.8, 4) is 0 Å². The molecular formula is C13H17N3O3S. The smallest absolute Gasteiger partial charge is 0.247 e. The molecule has 2 rings (SSSR count). The SMILES string of the molecule is CC(C(=O)NCc1ccc(S(N)(=O)=O)cc1)=C1CNC1. The summed E-state index contributed by atoms with van der Waals surface area (Å²) in [5.74, 6) is -0.1000. The highest BCUT2D eigenvalue weighted by molar-refractivity contribution is 7.89. The molecule has 1 amide bonds. The van der Waals surface area contributed by atoms with Crippen LogP contribution in [0.4, 0.5) is 0 Å². The van der Waals surface area contributed by atoms with Gasteiger partial charge in [0.1, 0.15) is 0 Å². The molecule has 0 spiro atoms. The summed E-state index contributed by atoms with van der Waals surface area (Å²) in [6.07, 6.45) is 0. The van der Waals surface area contributed by atoms with E-state index in [1.165, 1.54) is 12.1 Å². The van der Waals surface area contributed by atoms with Crippen LogP contribution in [0.1, 0.15) is 12.5 Å². The largest absolute Gasteiger partial charge is 0.348 e. The van der Waals surface area contributed by atoms with Crippen LogP contribution in [-0.4, -0.2) is 27.4 Å². The van der Waals surface area contributed by atoms with Crippen LogP contribution in [-0.2, 0) is 21.4 Å². The van der Waals surface area contributed by atoms with Gasteiger partial charge in [-0.2, -0.15) is 0 Å². The first-order valence-corrected chi connectivity index (χ1v) is 7.72. The predicted molar refractivity (Wildman–Crippen MR) is 75.2 cm³/mol. The van der Waals surface area contributed by atoms with Crippen molar-refractivity contribution in [2.45, 2.75) is 18.4 Å². The number of nitrogens with two attached hydrogens (primary N) is 1. The highest BCUT2D eigenvalue weighted by Crippen LogP contribution is 2.10. The normalized spacial score (nSPS) is 14.6. The summed E-state index contributed by atoms with van der Waals surface area (Å²) in [4.78, 5) is 11.9. The molecule has 0 saturated carbocycles. The van der Waals surface area contributed by atoms with Crippen molar-refractivity contribution in [3.05, 3.63) is 41.0 Å². The number of sulfonamides is 1. The summed E-state index contributed by atoms with van der Waals surface area (Å²) in [6, 6.07) is 6.12. The van der Waals surface area contributed by atoms with Crippen molar-refractivity contribution in [2.75, 3.05) is 13.1 Å². The number of benzene rings is 1. The van der Waals surface area contributed by atoms with E-state index < -0.39 is 10.0 Å². The van der Waals surface area contributed by atoms with Crippen LogP contribution in [0.2, 0.25) is 0 Å². The molecule has 4 N–H and O–H groups in total. The van der Waals surface area contributed by atoms with Gasteiger partial charge in [0, 0.05) is 25.2 Å². The molecule has 0 aromatic heterocycles. The van der Waals surface area contributed by atoms with Gasteiger partial charge >= 0.3 is 0 Å². The van der Waals surface area contributed by atoms with E-state index in [4.69, 9.17) is 5.14 Å². The lowest BCUT2D eigenvalue weighted by Gasteiger charge is -2.21. The molecule has 1 heterocycles. The number of carbonyl (C=O) groups is 1. The first-order valence-electron chi connectivity index (χ1n) is 6.17. The fourth-order valence-corrected chi connectivity index (χ4v) is 2.30. The molecule has 0 bridgehead atoms. The van der Waals surface area contributed by atoms with Gasteiger partial charge in [-0.15, -0.1) is 0 Å². The number of amides is 1.